The Morgan fingerprint density at radius 1 is 1.26 bits per heavy atom. The lowest BCUT2D eigenvalue weighted by molar-refractivity contribution is -0.117. The highest BCUT2D eigenvalue weighted by atomic mass is 32.1. The number of nitrogens with zero attached hydrogens (tertiary/aromatic N) is 4. The molecule has 0 saturated heterocycles. The molecule has 0 atom stereocenters. The molecule has 1 aliphatic rings. The summed E-state index contributed by atoms with van der Waals surface area (Å²) in [6, 6.07) is 2.17. The van der Waals surface area contributed by atoms with E-state index in [1.54, 1.807) is 11.2 Å². The van der Waals surface area contributed by atoms with Crippen molar-refractivity contribution in [2.24, 2.45) is 0 Å². The number of thiophene rings is 1. The van der Waals surface area contributed by atoms with Gasteiger partial charge in [0.25, 0.3) is 0 Å². The van der Waals surface area contributed by atoms with Gasteiger partial charge in [0.2, 0.25) is 5.91 Å². The third-order valence-corrected chi connectivity index (χ3v) is 6.62. The van der Waals surface area contributed by atoms with E-state index in [9.17, 15) is 14.7 Å². The summed E-state index contributed by atoms with van der Waals surface area (Å²) in [5.74, 6) is -1.09. The molecule has 0 unspecified atom stereocenters. The average molecular weight is 391 g/mol. The lowest BCUT2D eigenvalue weighted by Gasteiger charge is -2.36. The van der Waals surface area contributed by atoms with Crippen molar-refractivity contribution in [2.45, 2.75) is 70.9 Å². The van der Waals surface area contributed by atoms with Crippen LogP contribution in [0.25, 0.3) is 0 Å². The molecular weight excluding hydrogens is 364 g/mol. The van der Waals surface area contributed by atoms with Crippen molar-refractivity contribution in [3.05, 3.63) is 28.5 Å². The third kappa shape index (κ3) is 4.05. The molecule has 0 radical (unpaired) electrons. The standard InChI is InChI=1S/C19H26N4O3S/c1-12(24)23(14-7-5-13(6-8-14)22-11-20-10-21-22)15-9-16(19(2,3)4)27-17(15)18(25)26/h9-11,13-14H,5-8H2,1-4H3,(H,25,26). The van der Waals surface area contributed by atoms with Gasteiger partial charge in [-0.3, -0.25) is 4.79 Å². The lowest BCUT2D eigenvalue weighted by Crippen LogP contribution is -2.42. The number of carboxylic acids is 1. The second kappa shape index (κ2) is 7.42. The van der Waals surface area contributed by atoms with E-state index in [1.807, 2.05) is 10.7 Å². The Balaban J connectivity index is 1.87. The molecule has 2 heterocycles. The SMILES string of the molecule is CC(=O)N(c1cc(C(C)(C)C)sc1C(=O)O)C1CCC(n2cncn2)CC1. The number of amides is 1. The fraction of sp³-hybridized carbons (Fsp3) is 0.579. The zero-order valence-electron chi connectivity index (χ0n) is 16.2. The van der Waals surface area contributed by atoms with Gasteiger partial charge in [0.05, 0.1) is 11.7 Å². The van der Waals surface area contributed by atoms with E-state index in [-0.39, 0.29) is 28.3 Å². The molecule has 1 amide bonds. The summed E-state index contributed by atoms with van der Waals surface area (Å²) in [5, 5.41) is 13.9. The van der Waals surface area contributed by atoms with Gasteiger partial charge in [-0.15, -0.1) is 11.3 Å². The maximum Gasteiger partial charge on any atom is 0.348 e. The lowest BCUT2D eigenvalue weighted by atomic mass is 9.89. The van der Waals surface area contributed by atoms with Crippen LogP contribution in [0.3, 0.4) is 0 Å². The van der Waals surface area contributed by atoms with Gasteiger partial charge in [-0.25, -0.2) is 14.5 Å². The first-order valence-corrected chi connectivity index (χ1v) is 10.0. The summed E-state index contributed by atoms with van der Waals surface area (Å²) in [7, 11) is 0. The first-order valence-electron chi connectivity index (χ1n) is 9.20. The van der Waals surface area contributed by atoms with E-state index in [0.29, 0.717) is 5.69 Å². The number of aromatic carboxylic acids is 1. The molecule has 3 rings (SSSR count). The average Bonchev–Trinajstić information content (AvgIpc) is 3.25. The van der Waals surface area contributed by atoms with Crippen molar-refractivity contribution in [3.63, 3.8) is 0 Å². The van der Waals surface area contributed by atoms with Crippen LogP contribution in [0.15, 0.2) is 18.7 Å². The number of carbonyl (C=O) groups excluding carboxylic acids is 1. The van der Waals surface area contributed by atoms with Crippen molar-refractivity contribution in [1.29, 1.82) is 0 Å². The molecule has 1 saturated carbocycles. The van der Waals surface area contributed by atoms with Gasteiger partial charge in [0, 0.05) is 17.8 Å². The Morgan fingerprint density at radius 2 is 1.93 bits per heavy atom. The molecule has 2 aromatic rings. The number of aromatic nitrogens is 3. The quantitative estimate of drug-likeness (QED) is 0.856. The van der Waals surface area contributed by atoms with Gasteiger partial charge < -0.3 is 10.0 Å². The first-order chi connectivity index (χ1) is 12.7. The van der Waals surface area contributed by atoms with Crippen LogP contribution in [0.2, 0.25) is 0 Å². The number of carbonyl (C=O) groups is 2. The Labute approximate surface area is 163 Å². The van der Waals surface area contributed by atoms with Gasteiger partial charge in [0.15, 0.2) is 0 Å². The molecule has 1 aliphatic carbocycles. The van der Waals surface area contributed by atoms with Crippen LogP contribution >= 0.6 is 11.3 Å². The Morgan fingerprint density at radius 3 is 2.41 bits per heavy atom. The van der Waals surface area contributed by atoms with Gasteiger partial charge in [-0.1, -0.05) is 20.8 Å². The van der Waals surface area contributed by atoms with Crippen LogP contribution in [0.4, 0.5) is 5.69 Å². The van der Waals surface area contributed by atoms with E-state index < -0.39 is 5.97 Å². The number of rotatable bonds is 4. The maximum absolute atomic E-state index is 12.5. The molecule has 0 bridgehead atoms. The highest BCUT2D eigenvalue weighted by Gasteiger charge is 2.33. The zero-order chi connectivity index (χ0) is 19.8. The predicted octanol–water partition coefficient (Wildman–Crippen LogP) is 3.87. The molecule has 7 nitrogen and oxygen atoms in total. The Hall–Kier alpha value is -2.22. The number of carboxylic acid groups (broad SMARTS) is 1. The third-order valence-electron chi connectivity index (χ3n) is 5.09. The van der Waals surface area contributed by atoms with Crippen LogP contribution in [-0.4, -0.2) is 37.8 Å². The minimum atomic E-state index is -0.979. The predicted molar refractivity (Wildman–Crippen MR) is 104 cm³/mol. The van der Waals surface area contributed by atoms with Crippen molar-refractivity contribution in [1.82, 2.24) is 14.8 Å². The van der Waals surface area contributed by atoms with Crippen LogP contribution in [0, 0.1) is 0 Å². The molecule has 146 valence electrons. The Kier molecular flexibility index (Phi) is 5.37. The normalized spacial score (nSPS) is 20.4. The second-order valence-corrected chi connectivity index (χ2v) is 9.16. The number of hydrogen-bond acceptors (Lipinski definition) is 5. The van der Waals surface area contributed by atoms with Crippen molar-refractivity contribution < 1.29 is 14.7 Å². The second-order valence-electron chi connectivity index (χ2n) is 8.11. The van der Waals surface area contributed by atoms with E-state index >= 15 is 0 Å². The minimum Gasteiger partial charge on any atom is -0.477 e. The molecular formula is C19H26N4O3S. The van der Waals surface area contributed by atoms with E-state index in [0.717, 1.165) is 30.6 Å². The fourth-order valence-electron chi connectivity index (χ4n) is 3.69. The summed E-state index contributed by atoms with van der Waals surface area (Å²) in [6.07, 6.45) is 6.65. The van der Waals surface area contributed by atoms with Crippen LogP contribution in [0.5, 0.6) is 0 Å². The van der Waals surface area contributed by atoms with Crippen LogP contribution in [0.1, 0.15) is 74.0 Å². The monoisotopic (exact) mass is 390 g/mol. The zero-order valence-corrected chi connectivity index (χ0v) is 17.0. The molecule has 0 spiro atoms. The van der Waals surface area contributed by atoms with Crippen molar-refractivity contribution in [3.8, 4) is 0 Å². The summed E-state index contributed by atoms with van der Waals surface area (Å²) < 4.78 is 1.87. The molecule has 27 heavy (non-hydrogen) atoms. The van der Waals surface area contributed by atoms with Crippen LogP contribution in [-0.2, 0) is 10.2 Å². The highest BCUT2D eigenvalue weighted by Crippen LogP contribution is 2.40. The van der Waals surface area contributed by atoms with Crippen LogP contribution < -0.4 is 4.90 Å². The molecule has 0 aromatic carbocycles. The minimum absolute atomic E-state index is 0.00258. The molecule has 8 heteroatoms. The van der Waals surface area contributed by atoms with Gasteiger partial charge in [-0.2, -0.15) is 5.10 Å². The number of anilines is 1. The number of hydrogen-bond donors (Lipinski definition) is 1. The largest absolute Gasteiger partial charge is 0.477 e. The highest BCUT2D eigenvalue weighted by molar-refractivity contribution is 7.14. The molecule has 0 aliphatic heterocycles. The summed E-state index contributed by atoms with van der Waals surface area (Å²) in [4.78, 5) is 31.3. The van der Waals surface area contributed by atoms with Crippen molar-refractivity contribution >= 4 is 28.9 Å². The summed E-state index contributed by atoms with van der Waals surface area (Å²) in [6.45, 7) is 7.67. The smallest absolute Gasteiger partial charge is 0.348 e. The molecule has 2 aromatic heterocycles. The summed E-state index contributed by atoms with van der Waals surface area (Å²) >= 11 is 1.27. The summed E-state index contributed by atoms with van der Waals surface area (Å²) in [5.41, 5.74) is 0.370. The van der Waals surface area contributed by atoms with Crippen molar-refractivity contribution in [2.75, 3.05) is 4.90 Å². The van der Waals surface area contributed by atoms with Gasteiger partial charge in [0.1, 0.15) is 17.5 Å². The maximum atomic E-state index is 12.5. The topological polar surface area (TPSA) is 88.3 Å². The van der Waals surface area contributed by atoms with E-state index in [1.165, 1.54) is 24.6 Å². The first kappa shape index (κ1) is 19.5. The molecule has 1 N–H and O–H groups in total. The van der Waals surface area contributed by atoms with Gasteiger partial charge >= 0.3 is 5.97 Å². The van der Waals surface area contributed by atoms with Gasteiger partial charge in [-0.05, 0) is 37.2 Å². The van der Waals surface area contributed by atoms with E-state index in [2.05, 4.69) is 30.9 Å². The van der Waals surface area contributed by atoms with E-state index in [4.69, 9.17) is 0 Å². The molecule has 1 fully saturated rings. The Bertz CT molecular complexity index is 815. The fourth-order valence-corrected chi connectivity index (χ4v) is 4.74.